The fraction of sp³-hybridized carbons (Fsp3) is 0.812. The van der Waals surface area contributed by atoms with Gasteiger partial charge in [-0.1, -0.05) is 633 Å². The van der Waals surface area contributed by atoms with Crippen molar-refractivity contribution in [1.29, 1.82) is 0 Å². The summed E-state index contributed by atoms with van der Waals surface area (Å²) in [7, 11) is 0. The molecule has 0 heterocycles. The van der Waals surface area contributed by atoms with E-state index in [2.05, 4.69) is 454 Å². The Morgan fingerprint density at radius 1 is 0.133 bits per heavy atom. The van der Waals surface area contributed by atoms with E-state index in [-0.39, 0.29) is 27.1 Å². The van der Waals surface area contributed by atoms with E-state index in [1.165, 1.54) is 266 Å². The van der Waals surface area contributed by atoms with Crippen molar-refractivity contribution in [3.63, 3.8) is 0 Å². The Morgan fingerprint density at radius 3 is 0.383 bits per heavy atom. The van der Waals surface area contributed by atoms with Crippen LogP contribution in [0.3, 0.4) is 0 Å². The fourth-order valence-electron chi connectivity index (χ4n) is 16.6. The topological polar surface area (TPSA) is 0 Å². The summed E-state index contributed by atoms with van der Waals surface area (Å²) in [6, 6.07) is 44.2. The summed E-state index contributed by atoms with van der Waals surface area (Å²) >= 11 is 0. The van der Waals surface area contributed by atoms with Crippen LogP contribution >= 0.6 is 0 Å². The van der Waals surface area contributed by atoms with E-state index in [1.54, 1.807) is 0 Å². The van der Waals surface area contributed by atoms with Crippen molar-refractivity contribution >= 4 is 0 Å². The van der Waals surface area contributed by atoms with Crippen LogP contribution in [-0.2, 0) is 21.7 Å². The summed E-state index contributed by atoms with van der Waals surface area (Å²) in [6.07, 6.45) is 51.6. The molecule has 0 N–H and O–H groups in total. The Labute approximate surface area is 812 Å². The van der Waals surface area contributed by atoms with E-state index in [0.717, 1.165) is 0 Å². The van der Waals surface area contributed by atoms with Gasteiger partial charge in [0.1, 0.15) is 0 Å². The third-order valence-electron chi connectivity index (χ3n) is 33.8. The first-order valence-corrected chi connectivity index (χ1v) is 54.4. The lowest BCUT2D eigenvalue weighted by atomic mass is 9.61. The van der Waals surface area contributed by atoms with Crippen LogP contribution in [0.2, 0.25) is 0 Å². The molecule has 0 saturated carbocycles. The summed E-state index contributed by atoms with van der Waals surface area (Å²) in [4.78, 5) is 0. The highest BCUT2D eigenvalue weighted by Gasteiger charge is 2.43. The quantitative estimate of drug-likeness (QED) is 0.0388. The largest absolute Gasteiger partial charge is 0.0654 e. The number of hydrogen-bond donors (Lipinski definition) is 0. The third kappa shape index (κ3) is 53.4. The van der Waals surface area contributed by atoms with E-state index < -0.39 is 0 Å². The summed E-state index contributed by atoms with van der Waals surface area (Å²) in [6.45, 7) is 113. The first-order chi connectivity index (χ1) is 58.2. The number of benzene rings is 4. The van der Waals surface area contributed by atoms with Gasteiger partial charge in [0.2, 0.25) is 0 Å². The number of rotatable bonds is 42. The minimum atomic E-state index is 0.256. The van der Waals surface area contributed by atoms with Crippen LogP contribution in [0, 0.1) is 75.8 Å². The maximum absolute atomic E-state index is 2.44. The van der Waals surface area contributed by atoms with E-state index in [1.807, 2.05) is 0 Å². The Bertz CT molecular complexity index is 2970. The lowest BCUT2D eigenvalue weighted by molar-refractivity contribution is 0.114. The molecule has 0 aliphatic carbocycles. The van der Waals surface area contributed by atoms with Crippen LogP contribution in [0.4, 0.5) is 0 Å². The van der Waals surface area contributed by atoms with Crippen molar-refractivity contribution in [2.45, 2.75) is 598 Å². The first-order valence-electron chi connectivity index (χ1n) is 54.4. The smallest absolute Gasteiger partial charge is 0.00268 e. The second kappa shape index (κ2) is 61.2. The minimum Gasteiger partial charge on any atom is -0.0654 e. The highest BCUT2D eigenvalue weighted by Crippen LogP contribution is 2.51. The average molecular weight is 1780 g/mol. The van der Waals surface area contributed by atoms with Crippen molar-refractivity contribution in [1.82, 2.24) is 0 Å². The normalized spacial score (nSPS) is 14.8. The van der Waals surface area contributed by atoms with Gasteiger partial charge in [-0.15, -0.1) is 0 Å². The molecule has 0 aliphatic heterocycles. The minimum absolute atomic E-state index is 0.256. The highest BCUT2D eigenvalue weighted by atomic mass is 14.5. The molecule has 0 fully saturated rings. The molecule has 0 radical (unpaired) electrons. The predicted octanol–water partition coefficient (Wildman–Crippen LogP) is 45.2. The van der Waals surface area contributed by atoms with Crippen LogP contribution in [0.25, 0.3) is 0 Å². The summed E-state index contributed by atoms with van der Waals surface area (Å²) in [5.74, 6) is 0. The van der Waals surface area contributed by atoms with Gasteiger partial charge >= 0.3 is 0 Å². The van der Waals surface area contributed by atoms with Crippen molar-refractivity contribution in [3.05, 3.63) is 144 Å². The maximum atomic E-state index is 2.44. The third-order valence-corrected chi connectivity index (χ3v) is 33.8. The summed E-state index contributed by atoms with van der Waals surface area (Å²) < 4.78 is 0. The molecule has 4 atom stereocenters. The molecule has 0 heteroatoms. The van der Waals surface area contributed by atoms with E-state index in [4.69, 9.17) is 0 Å². The standard InChI is InChI=1S/C20H34.3C18H30.C15H32.3C13H28/c1-18(2,3)15-11-12-16-20(7,19(4,5)6)17-13-9-8-10-14-17;3*1-6-7-8-12-15-18(5,17(2,3)4)16-13-10-9-11-14-16;1-13(2,3)11-9-10-12-15(7,8)14(4,5)6;3*1-7-8-9-10-11-13(5,6)12(2,3)4/h8-10,13-14H,11-12,15-16H2,1-7H3;3*9-11,13-14H,6-8,12,15H2,1-5H3;9-12H2,1-8H3;3*7-11H2,1-6H3/t20-;3*18-;;;;/m1111..../s1. The zero-order valence-corrected chi connectivity index (χ0v) is 97.4. The molecule has 4 rings (SSSR count). The van der Waals surface area contributed by atoms with Crippen molar-refractivity contribution < 1.29 is 0 Å². The van der Waals surface area contributed by atoms with Crippen molar-refractivity contribution in [2.24, 2.45) is 75.8 Å². The summed E-state index contributed by atoms with van der Waals surface area (Å²) in [5, 5.41) is 0. The molecule has 0 nitrogen and oxygen atoms in total. The second-order valence-corrected chi connectivity index (χ2v) is 54.7. The van der Waals surface area contributed by atoms with Gasteiger partial charge in [-0.2, -0.15) is 0 Å². The Morgan fingerprint density at radius 2 is 0.258 bits per heavy atom. The van der Waals surface area contributed by atoms with Crippen LogP contribution in [-0.4, -0.2) is 0 Å². The SMILES string of the molecule is CC(C)(C)CCCCC(C)(C)C(C)(C)C.CC(C)(C)CCCC[C@](C)(c1ccccc1)C(C)(C)C.CCCCCCC(C)(C)C(C)(C)C.CCCCCCC(C)(C)C(C)(C)C.CCCCCCC(C)(C)C(C)(C)C.CCCCCC[C@](C)(c1ccccc1)C(C)(C)C.CCCCCC[C@](C)(c1ccccc1)C(C)(C)C.CCCCCC[C@](C)(c1ccccc1)C(C)(C)C. The van der Waals surface area contributed by atoms with Crippen LogP contribution in [0.1, 0.15) is 599 Å². The molecule has 0 aliphatic rings. The molecular weight excluding hydrogens is 1540 g/mol. The molecule has 0 amide bonds. The average Bonchev–Trinajstić information content (AvgIpc) is 0.796. The van der Waals surface area contributed by atoms with Crippen LogP contribution < -0.4 is 0 Å². The molecule has 0 saturated heterocycles. The fourth-order valence-corrected chi connectivity index (χ4v) is 16.6. The number of hydrogen-bond acceptors (Lipinski definition) is 0. The molecule has 128 heavy (non-hydrogen) atoms. The predicted molar refractivity (Wildman–Crippen MR) is 594 cm³/mol. The molecule has 4 aromatic carbocycles. The van der Waals surface area contributed by atoms with Gasteiger partial charge in [0.05, 0.1) is 0 Å². The van der Waals surface area contributed by atoms with Gasteiger partial charge in [-0.3, -0.25) is 0 Å². The van der Waals surface area contributed by atoms with Gasteiger partial charge in [0.25, 0.3) is 0 Å². The Kier molecular flexibility index (Phi) is 62.7. The van der Waals surface area contributed by atoms with E-state index in [0.29, 0.717) is 70.4 Å². The van der Waals surface area contributed by atoms with E-state index in [9.17, 15) is 0 Å². The van der Waals surface area contributed by atoms with Gasteiger partial charge in [0.15, 0.2) is 0 Å². The second-order valence-electron chi connectivity index (χ2n) is 54.7. The van der Waals surface area contributed by atoms with Crippen molar-refractivity contribution in [3.8, 4) is 0 Å². The molecule has 0 bridgehead atoms. The lowest BCUT2D eigenvalue weighted by Crippen LogP contribution is -2.37. The van der Waals surface area contributed by atoms with Gasteiger partial charge in [0, 0.05) is 0 Å². The molecular formula is C128H240. The molecule has 0 spiro atoms. The number of unbranched alkanes of at least 4 members (excludes halogenated alkanes) is 20. The molecule has 0 aromatic heterocycles. The molecule has 4 aromatic rings. The van der Waals surface area contributed by atoms with Crippen LogP contribution in [0.15, 0.2) is 121 Å². The molecule has 752 valence electrons. The zero-order chi connectivity index (χ0) is 100. The van der Waals surface area contributed by atoms with Crippen molar-refractivity contribution in [2.75, 3.05) is 0 Å². The first kappa shape index (κ1) is 131. The lowest BCUT2D eigenvalue weighted by Gasteiger charge is -2.43. The maximum Gasteiger partial charge on any atom is -0.00268 e. The highest BCUT2D eigenvalue weighted by molar-refractivity contribution is 5.30. The zero-order valence-electron chi connectivity index (χ0n) is 97.4. The molecule has 0 unspecified atom stereocenters. The van der Waals surface area contributed by atoms with Crippen LogP contribution in [0.5, 0.6) is 0 Å². The Hall–Kier alpha value is -3.12. The van der Waals surface area contributed by atoms with Gasteiger partial charge < -0.3 is 0 Å². The Balaban J connectivity index is -0.000000690. The van der Waals surface area contributed by atoms with Gasteiger partial charge in [-0.05, 0) is 184 Å². The van der Waals surface area contributed by atoms with Gasteiger partial charge in [-0.25, -0.2) is 0 Å². The summed E-state index contributed by atoms with van der Waals surface area (Å²) in [5.41, 5.74) is 12.9. The monoisotopic (exact) mass is 1780 g/mol. The van der Waals surface area contributed by atoms with E-state index >= 15 is 0 Å².